The summed E-state index contributed by atoms with van der Waals surface area (Å²) < 4.78 is 33.1. The van der Waals surface area contributed by atoms with Crippen LogP contribution in [-0.4, -0.2) is 13.0 Å². The molecule has 3 aliphatic carbocycles. The molecule has 0 radical (unpaired) electrons. The molecule has 5 heteroatoms. The fourth-order valence-corrected chi connectivity index (χ4v) is 6.21. The smallest absolute Gasteiger partial charge is 0.269 e. The van der Waals surface area contributed by atoms with Crippen molar-refractivity contribution in [2.75, 3.05) is 4.72 Å². The Kier molecular flexibility index (Phi) is 3.50. The number of anilines is 1. The van der Waals surface area contributed by atoms with E-state index in [1.54, 1.807) is 6.07 Å². The van der Waals surface area contributed by atoms with E-state index in [0.29, 0.717) is 17.0 Å². The first-order valence-electron chi connectivity index (χ1n) is 8.74. The minimum atomic E-state index is -4.20. The van der Waals surface area contributed by atoms with Crippen molar-refractivity contribution in [2.45, 2.75) is 57.8 Å². The summed E-state index contributed by atoms with van der Waals surface area (Å²) in [5, 5.41) is 0. The van der Waals surface area contributed by atoms with Crippen molar-refractivity contribution < 1.29 is 13.0 Å². The third-order valence-corrected chi connectivity index (χ3v) is 7.25. The molecule has 4 rings (SSSR count). The van der Waals surface area contributed by atoms with E-state index in [1.165, 1.54) is 49.7 Å². The summed E-state index contributed by atoms with van der Waals surface area (Å²) in [6.07, 6.45) is 8.98. The second-order valence-electron chi connectivity index (χ2n) is 7.99. The zero-order valence-corrected chi connectivity index (χ0v) is 14.4. The predicted molar refractivity (Wildman–Crippen MR) is 90.8 cm³/mol. The topological polar surface area (TPSA) is 66.4 Å². The molecule has 0 heterocycles. The molecule has 23 heavy (non-hydrogen) atoms. The first kappa shape index (κ1) is 15.5. The molecule has 0 aliphatic heterocycles. The van der Waals surface area contributed by atoms with Crippen LogP contribution in [0.15, 0.2) is 18.2 Å². The Morgan fingerprint density at radius 3 is 2.83 bits per heavy atom. The lowest BCUT2D eigenvalue weighted by molar-refractivity contribution is 0.0599. The van der Waals surface area contributed by atoms with E-state index in [-0.39, 0.29) is 0 Å². The molecule has 3 aliphatic rings. The molecule has 0 amide bonds. The zero-order valence-electron chi connectivity index (χ0n) is 13.6. The Morgan fingerprint density at radius 2 is 2.04 bits per heavy atom. The van der Waals surface area contributed by atoms with E-state index in [2.05, 4.69) is 17.7 Å². The number of fused-ring (bicyclic) bond motifs is 5. The van der Waals surface area contributed by atoms with Crippen LogP contribution < -0.4 is 4.72 Å². The molecule has 4 atom stereocenters. The fourth-order valence-electron chi connectivity index (χ4n) is 5.79. The van der Waals surface area contributed by atoms with Gasteiger partial charge in [-0.1, -0.05) is 19.4 Å². The van der Waals surface area contributed by atoms with Crippen LogP contribution in [0.1, 0.15) is 62.5 Å². The second kappa shape index (κ2) is 5.21. The molecule has 1 aromatic rings. The SMILES string of the molecule is C[C@@]12CCCC1C1CCc3cc(NS(=O)(=O)O)ccc3C1CC2. The normalized spacial score (nSPS) is 36.0. The Hall–Kier alpha value is -1.07. The molecule has 1 aromatic carbocycles. The number of nitrogens with one attached hydrogen (secondary N) is 1. The van der Waals surface area contributed by atoms with Gasteiger partial charge in [0, 0.05) is 0 Å². The van der Waals surface area contributed by atoms with E-state index in [0.717, 1.165) is 18.3 Å². The lowest BCUT2D eigenvalue weighted by Crippen LogP contribution is -2.39. The van der Waals surface area contributed by atoms with E-state index >= 15 is 0 Å². The molecule has 0 saturated heterocycles. The van der Waals surface area contributed by atoms with Gasteiger partial charge in [0.15, 0.2) is 0 Å². The molecule has 0 bridgehead atoms. The maximum absolute atomic E-state index is 11.0. The van der Waals surface area contributed by atoms with Crippen molar-refractivity contribution >= 4 is 16.0 Å². The summed E-state index contributed by atoms with van der Waals surface area (Å²) in [5.74, 6) is 2.30. The Labute approximate surface area is 138 Å². The molecular formula is C18H25NO3S. The third kappa shape index (κ3) is 2.68. The largest absolute Gasteiger partial charge is 0.357 e. The molecule has 4 nitrogen and oxygen atoms in total. The minimum Gasteiger partial charge on any atom is -0.269 e. The number of hydrogen-bond acceptors (Lipinski definition) is 2. The number of aryl methyl sites for hydroxylation is 1. The number of rotatable bonds is 2. The van der Waals surface area contributed by atoms with Crippen molar-refractivity contribution in [3.63, 3.8) is 0 Å². The van der Waals surface area contributed by atoms with Gasteiger partial charge < -0.3 is 0 Å². The first-order chi connectivity index (χ1) is 10.9. The van der Waals surface area contributed by atoms with Crippen LogP contribution >= 0.6 is 0 Å². The second-order valence-corrected chi connectivity index (χ2v) is 9.15. The first-order valence-corrected chi connectivity index (χ1v) is 10.2. The lowest BCUT2D eigenvalue weighted by atomic mass is 9.56. The van der Waals surface area contributed by atoms with Crippen LogP contribution in [-0.2, 0) is 16.7 Å². The third-order valence-electron chi connectivity index (χ3n) is 6.75. The lowest BCUT2D eigenvalue weighted by Gasteiger charge is -2.49. The van der Waals surface area contributed by atoms with Crippen molar-refractivity contribution in [3.05, 3.63) is 29.3 Å². The highest BCUT2D eigenvalue weighted by atomic mass is 32.2. The van der Waals surface area contributed by atoms with Gasteiger partial charge in [-0.15, -0.1) is 0 Å². The maximum Gasteiger partial charge on any atom is 0.357 e. The van der Waals surface area contributed by atoms with Crippen molar-refractivity contribution in [1.82, 2.24) is 0 Å². The predicted octanol–water partition coefficient (Wildman–Crippen LogP) is 4.15. The average Bonchev–Trinajstić information content (AvgIpc) is 2.86. The summed E-state index contributed by atoms with van der Waals surface area (Å²) >= 11 is 0. The van der Waals surface area contributed by atoms with E-state index in [1.807, 2.05) is 6.07 Å². The van der Waals surface area contributed by atoms with Gasteiger partial charge in [-0.05, 0) is 85.0 Å². The monoisotopic (exact) mass is 335 g/mol. The molecule has 0 aromatic heterocycles. The molecule has 2 fully saturated rings. The highest BCUT2D eigenvalue weighted by Gasteiger charge is 2.50. The van der Waals surface area contributed by atoms with Gasteiger partial charge in [0.05, 0.1) is 5.69 Å². The maximum atomic E-state index is 11.0. The van der Waals surface area contributed by atoms with Crippen LogP contribution in [0.3, 0.4) is 0 Å². The number of benzene rings is 1. The Balaban J connectivity index is 1.64. The molecular weight excluding hydrogens is 310 g/mol. The summed E-state index contributed by atoms with van der Waals surface area (Å²) in [7, 11) is -4.20. The van der Waals surface area contributed by atoms with E-state index < -0.39 is 10.3 Å². The van der Waals surface area contributed by atoms with Crippen LogP contribution in [0.5, 0.6) is 0 Å². The summed E-state index contributed by atoms with van der Waals surface area (Å²) in [5.41, 5.74) is 3.69. The highest BCUT2D eigenvalue weighted by molar-refractivity contribution is 7.87. The molecule has 2 N–H and O–H groups in total. The summed E-state index contributed by atoms with van der Waals surface area (Å²) in [4.78, 5) is 0. The quantitative estimate of drug-likeness (QED) is 0.798. The molecule has 0 spiro atoms. The molecule has 3 unspecified atom stereocenters. The van der Waals surface area contributed by atoms with Crippen LogP contribution in [0.25, 0.3) is 0 Å². The van der Waals surface area contributed by atoms with Crippen molar-refractivity contribution in [2.24, 2.45) is 17.3 Å². The molecule has 2 saturated carbocycles. The molecule has 126 valence electrons. The van der Waals surface area contributed by atoms with Gasteiger partial charge in [0.2, 0.25) is 0 Å². The van der Waals surface area contributed by atoms with Gasteiger partial charge >= 0.3 is 10.3 Å². The summed E-state index contributed by atoms with van der Waals surface area (Å²) in [6.45, 7) is 2.50. The van der Waals surface area contributed by atoms with Gasteiger partial charge in [0.1, 0.15) is 0 Å². The van der Waals surface area contributed by atoms with E-state index in [4.69, 9.17) is 4.55 Å². The van der Waals surface area contributed by atoms with Gasteiger partial charge in [-0.2, -0.15) is 8.42 Å². The number of hydrogen-bond donors (Lipinski definition) is 2. The van der Waals surface area contributed by atoms with E-state index in [9.17, 15) is 8.42 Å². The van der Waals surface area contributed by atoms with Gasteiger partial charge in [-0.3, -0.25) is 9.27 Å². The van der Waals surface area contributed by atoms with Crippen molar-refractivity contribution in [1.29, 1.82) is 0 Å². The highest BCUT2D eigenvalue weighted by Crippen LogP contribution is 2.60. The van der Waals surface area contributed by atoms with Crippen molar-refractivity contribution in [3.8, 4) is 0 Å². The fraction of sp³-hybridized carbons (Fsp3) is 0.667. The van der Waals surface area contributed by atoms with Gasteiger partial charge in [0.25, 0.3) is 0 Å². The Bertz CT molecular complexity index is 730. The Morgan fingerprint density at radius 1 is 1.22 bits per heavy atom. The van der Waals surface area contributed by atoms with Crippen LogP contribution in [0, 0.1) is 17.3 Å². The average molecular weight is 335 g/mol. The summed E-state index contributed by atoms with van der Waals surface area (Å²) in [6, 6.07) is 5.77. The van der Waals surface area contributed by atoms with Crippen LogP contribution in [0.2, 0.25) is 0 Å². The minimum absolute atomic E-state index is 0.464. The van der Waals surface area contributed by atoms with Crippen LogP contribution in [0.4, 0.5) is 5.69 Å². The standard InChI is InChI=1S/C18H25NO3S/c1-18-9-2-3-17(18)16-6-4-12-11-13(19-23(20,21)22)5-7-14(12)15(16)8-10-18/h5,7,11,15-17,19H,2-4,6,8-10H2,1H3,(H,20,21,22)/t15?,16?,17?,18-/m0/s1. The van der Waals surface area contributed by atoms with Gasteiger partial charge in [-0.25, -0.2) is 0 Å². The zero-order chi connectivity index (χ0) is 16.2.